The molecule has 0 aromatic carbocycles. The summed E-state index contributed by atoms with van der Waals surface area (Å²) in [7, 11) is 3.25. The summed E-state index contributed by atoms with van der Waals surface area (Å²) < 4.78 is 4.25. The van der Waals surface area contributed by atoms with Crippen molar-refractivity contribution in [1.29, 1.82) is 0 Å². The van der Waals surface area contributed by atoms with Gasteiger partial charge in [0.05, 0.1) is 0 Å². The Hall–Kier alpha value is -0.700. The zero-order valence-corrected chi connectivity index (χ0v) is 13.0. The van der Waals surface area contributed by atoms with Crippen LogP contribution in [0, 0.1) is 17.3 Å². The van der Waals surface area contributed by atoms with Gasteiger partial charge in [0, 0.05) is 26.6 Å². The molecule has 1 aliphatic carbocycles. The zero-order valence-electron chi connectivity index (χ0n) is 13.0. The van der Waals surface area contributed by atoms with Crippen molar-refractivity contribution in [3.63, 3.8) is 0 Å². The molecule has 1 saturated carbocycles. The molecule has 19 heavy (non-hydrogen) atoms. The van der Waals surface area contributed by atoms with Gasteiger partial charge in [-0.25, -0.2) is 0 Å². The molecule has 3 nitrogen and oxygen atoms in total. The van der Waals surface area contributed by atoms with E-state index < -0.39 is 0 Å². The van der Waals surface area contributed by atoms with Crippen molar-refractivity contribution in [2.24, 2.45) is 17.3 Å². The Morgan fingerprint density at radius 1 is 1.16 bits per heavy atom. The minimum atomic E-state index is 0.154. The Kier molecular flexibility index (Phi) is 9.76. The molecular weight excluding hydrogens is 240 g/mol. The van der Waals surface area contributed by atoms with E-state index in [9.17, 15) is 9.59 Å². The van der Waals surface area contributed by atoms with Crippen molar-refractivity contribution in [1.82, 2.24) is 0 Å². The highest BCUT2D eigenvalue weighted by molar-refractivity contribution is 5.55. The van der Waals surface area contributed by atoms with Gasteiger partial charge in [-0.3, -0.25) is 0 Å². The minimum absolute atomic E-state index is 0.154. The largest absolute Gasteiger partial charge is 0.388 e. The first-order valence-corrected chi connectivity index (χ1v) is 7.33. The highest BCUT2D eigenvalue weighted by Gasteiger charge is 2.39. The normalized spacial score (nSPS) is 25.1. The Morgan fingerprint density at radius 2 is 1.79 bits per heavy atom. The number of aldehydes is 2. The van der Waals surface area contributed by atoms with Crippen LogP contribution < -0.4 is 0 Å². The smallest absolute Gasteiger partial charge is 0.123 e. The number of methoxy groups -OCH3 is 1. The van der Waals surface area contributed by atoms with Gasteiger partial charge in [-0.05, 0) is 37.0 Å². The average Bonchev–Trinajstić information content (AvgIpc) is 2.36. The maximum absolute atomic E-state index is 11.1. The Balaban J connectivity index is 0.000000982. The van der Waals surface area contributed by atoms with Crippen molar-refractivity contribution in [2.45, 2.75) is 58.8 Å². The Labute approximate surface area is 118 Å². The molecule has 0 spiro atoms. The van der Waals surface area contributed by atoms with E-state index in [0.717, 1.165) is 31.8 Å². The molecule has 3 heteroatoms. The van der Waals surface area contributed by atoms with Gasteiger partial charge in [0.25, 0.3) is 0 Å². The number of carbonyl (C=O) groups is 2. The molecule has 112 valence electrons. The molecule has 0 radical (unpaired) electrons. The molecule has 0 bridgehead atoms. The third kappa shape index (κ3) is 6.33. The van der Waals surface area contributed by atoms with Crippen LogP contribution in [0.5, 0.6) is 0 Å². The van der Waals surface area contributed by atoms with Gasteiger partial charge in [-0.2, -0.15) is 0 Å². The molecular formula is C16H30O3. The molecule has 0 heterocycles. The lowest BCUT2D eigenvalue weighted by atomic mass is 9.61. The third-order valence-electron chi connectivity index (χ3n) is 4.36. The molecule has 0 aromatic heterocycles. The van der Waals surface area contributed by atoms with E-state index in [2.05, 4.69) is 18.6 Å². The van der Waals surface area contributed by atoms with Crippen LogP contribution in [0.2, 0.25) is 0 Å². The molecule has 1 aliphatic rings. The molecule has 0 amide bonds. The molecule has 1 rings (SSSR count). The van der Waals surface area contributed by atoms with Gasteiger partial charge in [0.2, 0.25) is 0 Å². The van der Waals surface area contributed by atoms with Gasteiger partial charge < -0.3 is 14.3 Å². The lowest BCUT2D eigenvalue weighted by Gasteiger charge is -2.43. The highest BCUT2D eigenvalue weighted by Crippen LogP contribution is 2.46. The fourth-order valence-electron chi connectivity index (χ4n) is 3.01. The highest BCUT2D eigenvalue weighted by atomic mass is 16.4. The molecule has 2 unspecified atom stereocenters. The second-order valence-electron chi connectivity index (χ2n) is 6.05. The van der Waals surface area contributed by atoms with Crippen molar-refractivity contribution >= 4 is 12.6 Å². The maximum atomic E-state index is 11.1. The predicted octanol–water partition coefficient (Wildman–Crippen LogP) is 3.65. The minimum Gasteiger partial charge on any atom is -0.388 e. The van der Waals surface area contributed by atoms with Crippen molar-refractivity contribution < 1.29 is 14.3 Å². The SMILES string of the molecule is CC1(C)C(C=O)CCCC1CCCCC=O.COC. The monoisotopic (exact) mass is 270 g/mol. The lowest BCUT2D eigenvalue weighted by Crippen LogP contribution is -2.37. The van der Waals surface area contributed by atoms with Gasteiger partial charge >= 0.3 is 0 Å². The number of carbonyl (C=O) groups excluding carboxylic acids is 2. The van der Waals surface area contributed by atoms with Crippen molar-refractivity contribution in [3.8, 4) is 0 Å². The molecule has 1 fully saturated rings. The summed E-state index contributed by atoms with van der Waals surface area (Å²) in [6.45, 7) is 4.46. The third-order valence-corrected chi connectivity index (χ3v) is 4.36. The van der Waals surface area contributed by atoms with Crippen LogP contribution in [-0.4, -0.2) is 26.8 Å². The summed E-state index contributed by atoms with van der Waals surface area (Å²) in [6.07, 6.45) is 9.62. The lowest BCUT2D eigenvalue weighted by molar-refractivity contribution is -0.117. The Morgan fingerprint density at radius 3 is 2.32 bits per heavy atom. The van der Waals surface area contributed by atoms with E-state index in [1.54, 1.807) is 14.2 Å². The zero-order chi connectivity index (χ0) is 14.7. The van der Waals surface area contributed by atoms with E-state index in [0.29, 0.717) is 12.3 Å². The van der Waals surface area contributed by atoms with Crippen LogP contribution in [0.1, 0.15) is 58.8 Å². The van der Waals surface area contributed by atoms with Crippen LogP contribution in [0.3, 0.4) is 0 Å². The van der Waals surface area contributed by atoms with Gasteiger partial charge in [-0.15, -0.1) is 0 Å². The van der Waals surface area contributed by atoms with Crippen LogP contribution in [0.4, 0.5) is 0 Å². The van der Waals surface area contributed by atoms with E-state index in [1.807, 2.05) is 0 Å². The molecule has 0 aromatic rings. The van der Waals surface area contributed by atoms with E-state index in [-0.39, 0.29) is 11.3 Å². The summed E-state index contributed by atoms with van der Waals surface area (Å²) in [5, 5.41) is 0. The standard InChI is InChI=1S/C14H24O2.C2H6O/c1-14(2)12(7-4-3-5-10-15)8-6-9-13(14)11-16;1-3-2/h10-13H,3-9H2,1-2H3;1-2H3. The predicted molar refractivity (Wildman–Crippen MR) is 78.1 cm³/mol. The van der Waals surface area contributed by atoms with Crippen molar-refractivity contribution in [3.05, 3.63) is 0 Å². The summed E-state index contributed by atoms with van der Waals surface area (Å²) in [5.41, 5.74) is 0.154. The van der Waals surface area contributed by atoms with Crippen LogP contribution in [0.15, 0.2) is 0 Å². The topological polar surface area (TPSA) is 43.4 Å². The molecule has 0 aliphatic heterocycles. The van der Waals surface area contributed by atoms with Crippen LogP contribution >= 0.6 is 0 Å². The summed E-state index contributed by atoms with van der Waals surface area (Å²) in [4.78, 5) is 21.3. The van der Waals surface area contributed by atoms with Crippen molar-refractivity contribution in [2.75, 3.05) is 14.2 Å². The average molecular weight is 270 g/mol. The van der Waals surface area contributed by atoms with Gasteiger partial charge in [0.15, 0.2) is 0 Å². The van der Waals surface area contributed by atoms with Gasteiger partial charge in [-0.1, -0.05) is 26.7 Å². The van der Waals surface area contributed by atoms with Crippen LogP contribution in [0.25, 0.3) is 0 Å². The Bertz CT molecular complexity index is 248. The first-order valence-electron chi connectivity index (χ1n) is 7.33. The summed E-state index contributed by atoms with van der Waals surface area (Å²) in [6, 6.07) is 0. The van der Waals surface area contributed by atoms with E-state index >= 15 is 0 Å². The first-order chi connectivity index (χ1) is 9.04. The molecule has 0 saturated heterocycles. The molecule has 0 N–H and O–H groups in total. The second kappa shape index (κ2) is 10.1. The van der Waals surface area contributed by atoms with E-state index in [1.165, 1.54) is 19.3 Å². The number of ether oxygens (including phenoxy) is 1. The van der Waals surface area contributed by atoms with E-state index in [4.69, 9.17) is 0 Å². The molecule has 2 atom stereocenters. The van der Waals surface area contributed by atoms with Crippen LogP contribution in [-0.2, 0) is 14.3 Å². The number of rotatable bonds is 6. The fourth-order valence-corrected chi connectivity index (χ4v) is 3.01. The number of hydrogen-bond acceptors (Lipinski definition) is 3. The maximum Gasteiger partial charge on any atom is 0.123 e. The summed E-state index contributed by atoms with van der Waals surface area (Å²) in [5.74, 6) is 0.889. The number of hydrogen-bond donors (Lipinski definition) is 0. The fraction of sp³-hybridized carbons (Fsp3) is 0.875. The quantitative estimate of drug-likeness (QED) is 0.546. The first kappa shape index (κ1) is 18.3. The van der Waals surface area contributed by atoms with Gasteiger partial charge in [0.1, 0.15) is 12.6 Å². The second-order valence-corrected chi connectivity index (χ2v) is 6.05. The number of unbranched alkanes of at least 4 members (excludes halogenated alkanes) is 2. The summed E-state index contributed by atoms with van der Waals surface area (Å²) >= 11 is 0.